The number of rotatable bonds is 7. The van der Waals surface area contributed by atoms with Gasteiger partial charge in [-0.3, -0.25) is 4.79 Å². The second-order valence-electron chi connectivity index (χ2n) is 5.71. The van der Waals surface area contributed by atoms with Gasteiger partial charge in [0.25, 0.3) is 5.91 Å². The van der Waals surface area contributed by atoms with E-state index in [1.165, 1.54) is 14.7 Å². The number of carbonyl (C=O) groups excluding carboxylic acids is 2. The minimum Gasteiger partial charge on any atom is -0.539 e. The summed E-state index contributed by atoms with van der Waals surface area (Å²) < 4.78 is 0. The second-order valence-corrected chi connectivity index (χ2v) is 6.86. The van der Waals surface area contributed by atoms with Crippen molar-refractivity contribution < 1.29 is 29.5 Å². The molecule has 7 nitrogen and oxygen atoms in total. The number of hydrogen-bond donors (Lipinski definition) is 3. The first kappa shape index (κ1) is 23.2. The Balaban J connectivity index is 0.000000568. The van der Waals surface area contributed by atoms with E-state index in [2.05, 4.69) is 31.3 Å². The van der Waals surface area contributed by atoms with Gasteiger partial charge in [-0.15, -0.1) is 0 Å². The molecule has 0 fully saturated rings. The Hall–Kier alpha value is -2.84. The Morgan fingerprint density at radius 3 is 1.93 bits per heavy atom. The first-order valence-corrected chi connectivity index (χ1v) is 9.58. The summed E-state index contributed by atoms with van der Waals surface area (Å²) >= 11 is 1.72. The summed E-state index contributed by atoms with van der Waals surface area (Å²) in [6.07, 6.45) is 0. The van der Waals surface area contributed by atoms with Gasteiger partial charge in [-0.25, -0.2) is 4.79 Å². The molecular weight excluding hydrogens is 380 g/mol. The van der Waals surface area contributed by atoms with Gasteiger partial charge in [0, 0.05) is 15.5 Å². The maximum Gasteiger partial charge on any atom is 0.351 e. The van der Waals surface area contributed by atoms with E-state index >= 15 is 0 Å². The van der Waals surface area contributed by atoms with Crippen molar-refractivity contribution in [2.75, 3.05) is 25.0 Å². The van der Waals surface area contributed by atoms with Crippen LogP contribution in [0.15, 0.2) is 64.4 Å². The fourth-order valence-corrected chi connectivity index (χ4v) is 3.00. The number of hydrogen-bond acceptors (Lipinski definition) is 5. The lowest BCUT2D eigenvalue weighted by atomic mass is 10.3. The molecule has 0 aliphatic rings. The summed E-state index contributed by atoms with van der Waals surface area (Å²) in [5, 5.41) is 19.3. The number of anilines is 1. The summed E-state index contributed by atoms with van der Waals surface area (Å²) in [4.78, 5) is 33.7. The van der Waals surface area contributed by atoms with Gasteiger partial charge in [0.15, 0.2) is 12.5 Å². The molecule has 0 saturated carbocycles. The summed E-state index contributed by atoms with van der Waals surface area (Å²) in [7, 11) is 0. The topological polar surface area (TPSA) is 111 Å². The Morgan fingerprint density at radius 2 is 1.46 bits per heavy atom. The van der Waals surface area contributed by atoms with Crippen LogP contribution < -0.4 is 15.3 Å². The summed E-state index contributed by atoms with van der Waals surface area (Å²) in [6, 6.07) is 18.3. The van der Waals surface area contributed by atoms with Crippen LogP contribution in [0.3, 0.4) is 0 Å². The highest BCUT2D eigenvalue weighted by molar-refractivity contribution is 7.99. The van der Waals surface area contributed by atoms with Crippen LogP contribution >= 0.6 is 11.8 Å². The maximum absolute atomic E-state index is 12.0. The Labute approximate surface area is 168 Å². The molecule has 0 saturated heterocycles. The quantitative estimate of drug-likeness (QED) is 0.581. The third-order valence-electron chi connectivity index (χ3n) is 3.70. The van der Waals surface area contributed by atoms with E-state index < -0.39 is 11.9 Å². The highest BCUT2D eigenvalue weighted by Gasteiger charge is 2.10. The summed E-state index contributed by atoms with van der Waals surface area (Å²) in [5.41, 5.74) is 0.856. The first-order chi connectivity index (χ1) is 13.3. The normalized spacial score (nSPS) is 9.96. The van der Waals surface area contributed by atoms with E-state index in [1.54, 1.807) is 11.8 Å². The second kappa shape index (κ2) is 12.5. The molecule has 0 aliphatic carbocycles. The van der Waals surface area contributed by atoms with E-state index in [0.29, 0.717) is 6.54 Å². The van der Waals surface area contributed by atoms with Gasteiger partial charge in [-0.2, -0.15) is 0 Å². The highest BCUT2D eigenvalue weighted by atomic mass is 32.2. The molecule has 0 aromatic heterocycles. The Bertz CT molecular complexity index is 750. The lowest BCUT2D eigenvalue weighted by Crippen LogP contribution is -3.12. The van der Waals surface area contributed by atoms with E-state index in [-0.39, 0.29) is 5.91 Å². The number of benzene rings is 2. The average molecular weight is 404 g/mol. The predicted octanol–water partition coefficient (Wildman–Crippen LogP) is 0.522. The minimum atomic E-state index is -2.07. The number of aliphatic carboxylic acids is 2. The Morgan fingerprint density at radius 1 is 0.964 bits per heavy atom. The molecular formula is C20H24N2O5S. The molecule has 2 aromatic carbocycles. The molecule has 0 aliphatic heterocycles. The smallest absolute Gasteiger partial charge is 0.351 e. The van der Waals surface area contributed by atoms with Crippen LogP contribution in [-0.4, -0.2) is 42.6 Å². The molecule has 2 rings (SSSR count). The van der Waals surface area contributed by atoms with Crippen LogP contribution in [0, 0.1) is 0 Å². The van der Waals surface area contributed by atoms with Crippen molar-refractivity contribution in [3.63, 3.8) is 0 Å². The van der Waals surface area contributed by atoms with Gasteiger partial charge >= 0.3 is 5.97 Å². The van der Waals surface area contributed by atoms with Crippen molar-refractivity contribution in [2.24, 2.45) is 0 Å². The van der Waals surface area contributed by atoms with Crippen LogP contribution in [0.5, 0.6) is 0 Å². The molecule has 0 bridgehead atoms. The Kier molecular flexibility index (Phi) is 10.4. The monoisotopic (exact) mass is 404 g/mol. The number of carbonyl (C=O) groups is 3. The first-order valence-electron chi connectivity index (χ1n) is 8.76. The largest absolute Gasteiger partial charge is 0.539 e. The number of nitrogens with one attached hydrogen (secondary N) is 2. The molecule has 0 radical (unpaired) electrons. The van der Waals surface area contributed by atoms with Gasteiger partial charge < -0.3 is 25.2 Å². The summed E-state index contributed by atoms with van der Waals surface area (Å²) in [6.45, 7) is 6.66. The number of carboxylic acid groups (broad SMARTS) is 2. The molecule has 28 heavy (non-hydrogen) atoms. The van der Waals surface area contributed by atoms with Gasteiger partial charge in [0.05, 0.1) is 13.1 Å². The molecule has 2 aromatic rings. The molecule has 1 amide bonds. The number of likely N-dealkylation sites (N-methyl/N-ethyl adjacent to an activating group) is 1. The minimum absolute atomic E-state index is 0.0714. The third-order valence-corrected chi connectivity index (χ3v) is 4.72. The number of carboxylic acids is 2. The van der Waals surface area contributed by atoms with Gasteiger partial charge in [0.1, 0.15) is 0 Å². The van der Waals surface area contributed by atoms with E-state index in [9.17, 15) is 4.79 Å². The standard InChI is InChI=1S/C18H22N2OS.C2H2O4/c1-3-20(4-2)14-18(21)19-15-10-12-17(13-11-15)22-16-8-6-5-7-9-16;3-1(4)2(5)6/h5-13H,3-4,14H2,1-2H3,(H,19,21);(H,3,4)(H,5,6). The van der Waals surface area contributed by atoms with Crippen LogP contribution in [0.2, 0.25) is 0 Å². The zero-order valence-electron chi connectivity index (χ0n) is 15.8. The zero-order valence-corrected chi connectivity index (χ0v) is 16.6. The fourth-order valence-electron chi connectivity index (χ4n) is 2.16. The molecule has 3 N–H and O–H groups in total. The molecule has 150 valence electrons. The van der Waals surface area contributed by atoms with Crippen LogP contribution in [-0.2, 0) is 14.4 Å². The maximum atomic E-state index is 12.0. The molecule has 0 unspecified atom stereocenters. The zero-order chi connectivity index (χ0) is 20.9. The molecule has 0 spiro atoms. The number of amides is 1. The molecule has 0 atom stereocenters. The van der Waals surface area contributed by atoms with Gasteiger partial charge in [0.2, 0.25) is 0 Å². The van der Waals surface area contributed by atoms with Crippen molar-refractivity contribution >= 4 is 35.3 Å². The third kappa shape index (κ3) is 9.20. The summed E-state index contributed by atoms with van der Waals surface area (Å²) in [5.74, 6) is -3.94. The van der Waals surface area contributed by atoms with Crippen molar-refractivity contribution in [2.45, 2.75) is 23.6 Å². The van der Waals surface area contributed by atoms with E-state index in [4.69, 9.17) is 19.8 Å². The highest BCUT2D eigenvalue weighted by Crippen LogP contribution is 2.28. The van der Waals surface area contributed by atoms with Gasteiger partial charge in [-0.1, -0.05) is 30.0 Å². The molecule has 8 heteroatoms. The van der Waals surface area contributed by atoms with Crippen molar-refractivity contribution in [1.29, 1.82) is 0 Å². The molecule has 0 heterocycles. The van der Waals surface area contributed by atoms with E-state index in [1.807, 2.05) is 42.5 Å². The van der Waals surface area contributed by atoms with Crippen molar-refractivity contribution in [3.05, 3.63) is 54.6 Å². The van der Waals surface area contributed by atoms with Crippen LogP contribution in [0.4, 0.5) is 5.69 Å². The van der Waals surface area contributed by atoms with Crippen molar-refractivity contribution in [1.82, 2.24) is 0 Å². The fraction of sp³-hybridized carbons (Fsp3) is 0.250. The lowest BCUT2D eigenvalue weighted by Gasteiger charge is -2.14. The average Bonchev–Trinajstić information content (AvgIpc) is 2.69. The van der Waals surface area contributed by atoms with Crippen LogP contribution in [0.1, 0.15) is 13.8 Å². The van der Waals surface area contributed by atoms with Crippen LogP contribution in [0.25, 0.3) is 0 Å². The SMILES string of the molecule is CC[NH+](CC)CC(=O)Nc1ccc(Sc2ccccc2)cc1.O=C([O-])C(=O)O. The number of quaternary nitrogens is 1. The predicted molar refractivity (Wildman–Crippen MR) is 105 cm³/mol. The lowest BCUT2D eigenvalue weighted by molar-refractivity contribution is -0.888. The van der Waals surface area contributed by atoms with Gasteiger partial charge in [-0.05, 0) is 50.2 Å². The van der Waals surface area contributed by atoms with Crippen molar-refractivity contribution in [3.8, 4) is 0 Å². The van der Waals surface area contributed by atoms with E-state index in [0.717, 1.165) is 18.8 Å².